The Labute approximate surface area is 265 Å². The molecule has 7 heteroatoms. The zero-order chi connectivity index (χ0) is 31.7. The Morgan fingerprint density at radius 1 is 1.02 bits per heavy atom. The lowest BCUT2D eigenvalue weighted by molar-refractivity contribution is -0.106. The summed E-state index contributed by atoms with van der Waals surface area (Å²) in [4.78, 5) is 12.4. The molecule has 0 saturated carbocycles. The molecular formula is C35H47BrClNO4. The minimum Gasteiger partial charge on any atom is -0.493 e. The largest absolute Gasteiger partial charge is 0.493 e. The van der Waals surface area contributed by atoms with E-state index in [1.165, 1.54) is 40.2 Å². The first-order valence-electron chi connectivity index (χ1n) is 14.5. The number of carbonyl (C=O) groups is 1. The van der Waals surface area contributed by atoms with E-state index < -0.39 is 5.41 Å². The van der Waals surface area contributed by atoms with Crippen molar-refractivity contribution in [3.63, 3.8) is 0 Å². The molecule has 1 aromatic heterocycles. The summed E-state index contributed by atoms with van der Waals surface area (Å²) in [6, 6.07) is 22.2. The molecule has 1 atom stereocenters. The van der Waals surface area contributed by atoms with Gasteiger partial charge < -0.3 is 24.7 Å². The Morgan fingerprint density at radius 2 is 1.60 bits per heavy atom. The van der Waals surface area contributed by atoms with Crippen molar-refractivity contribution >= 4 is 44.7 Å². The summed E-state index contributed by atoms with van der Waals surface area (Å²) in [6.45, 7) is 13.8. The predicted octanol–water partition coefficient (Wildman–Crippen LogP) is 9.28. The highest BCUT2D eigenvalue weighted by Gasteiger charge is 2.23. The standard InChI is InChI=1S/C24H30BrNO3.C7H7Cl.C2H4O.C2H6/c1-4-5-20-21-12-18(25)8-11-22(21)26-23(20)16(2)17-6-9-19(10-7-17)29-15-24(3,13-27)14-28;1-6-2-4-7(8)5-3-6;1-2-3;1-2/h6-12,16,26-28H,4-5,13-15H2,1-3H3;2-5H,1H3;2H,1H3;1-2H3. The van der Waals surface area contributed by atoms with Crippen molar-refractivity contribution < 1.29 is 19.7 Å². The summed E-state index contributed by atoms with van der Waals surface area (Å²) in [5.41, 5.74) is 5.65. The molecule has 0 saturated heterocycles. The Morgan fingerprint density at radius 3 is 2.10 bits per heavy atom. The van der Waals surface area contributed by atoms with E-state index in [-0.39, 0.29) is 25.7 Å². The van der Waals surface area contributed by atoms with Crippen molar-refractivity contribution in [2.45, 2.75) is 67.2 Å². The van der Waals surface area contributed by atoms with E-state index in [0.717, 1.165) is 34.4 Å². The minimum absolute atomic E-state index is 0.116. The molecule has 0 aliphatic heterocycles. The maximum Gasteiger partial charge on any atom is 0.119 e. The molecular weight excluding hydrogens is 614 g/mol. The molecule has 0 fully saturated rings. The maximum absolute atomic E-state index is 9.41. The van der Waals surface area contributed by atoms with Crippen LogP contribution in [-0.4, -0.2) is 41.3 Å². The quantitative estimate of drug-likeness (QED) is 0.156. The molecule has 3 aromatic carbocycles. The smallest absolute Gasteiger partial charge is 0.119 e. The molecule has 0 amide bonds. The Bertz CT molecular complexity index is 1290. The number of nitrogens with one attached hydrogen (secondary N) is 1. The van der Waals surface area contributed by atoms with Crippen LogP contribution in [0.2, 0.25) is 5.02 Å². The number of H-pyrrole nitrogens is 1. The summed E-state index contributed by atoms with van der Waals surface area (Å²) in [6.07, 6.45) is 2.89. The van der Waals surface area contributed by atoms with Crippen LogP contribution in [0.15, 0.2) is 71.2 Å². The summed E-state index contributed by atoms with van der Waals surface area (Å²) < 4.78 is 6.88. The lowest BCUT2D eigenvalue weighted by atomic mass is 9.92. The van der Waals surface area contributed by atoms with Gasteiger partial charge in [0.15, 0.2) is 0 Å². The van der Waals surface area contributed by atoms with Gasteiger partial charge in [0, 0.05) is 37.4 Å². The molecule has 5 nitrogen and oxygen atoms in total. The van der Waals surface area contributed by atoms with E-state index in [2.05, 4.69) is 65.1 Å². The number of aldehydes is 1. The number of halogens is 2. The molecule has 230 valence electrons. The molecule has 42 heavy (non-hydrogen) atoms. The number of aliphatic hydroxyl groups is 2. The number of rotatable bonds is 9. The van der Waals surface area contributed by atoms with Crippen LogP contribution >= 0.6 is 27.5 Å². The van der Waals surface area contributed by atoms with E-state index in [0.29, 0.717) is 0 Å². The number of hydrogen-bond donors (Lipinski definition) is 3. The predicted molar refractivity (Wildman–Crippen MR) is 181 cm³/mol. The van der Waals surface area contributed by atoms with Crippen LogP contribution in [0.25, 0.3) is 10.9 Å². The van der Waals surface area contributed by atoms with Gasteiger partial charge >= 0.3 is 0 Å². The van der Waals surface area contributed by atoms with Crippen LogP contribution in [0, 0.1) is 12.3 Å². The number of aromatic amines is 1. The van der Waals surface area contributed by atoms with Crippen LogP contribution in [0.1, 0.15) is 76.3 Å². The second kappa shape index (κ2) is 19.5. The minimum atomic E-state index is -0.639. The third kappa shape index (κ3) is 11.6. The SMILES string of the molecule is CC.CC=O.CCCc1c(C(C)c2ccc(OCC(C)(CO)CO)cc2)[nH]c2ccc(Br)cc12.Cc1ccc(Cl)cc1. The van der Waals surface area contributed by atoms with E-state index in [4.69, 9.17) is 21.1 Å². The summed E-state index contributed by atoms with van der Waals surface area (Å²) in [5.74, 6) is 0.973. The Balaban J connectivity index is 0.000000566. The molecule has 0 spiro atoms. The number of hydrogen-bond acceptors (Lipinski definition) is 4. The number of fused-ring (bicyclic) bond motifs is 1. The van der Waals surface area contributed by atoms with E-state index in [1.54, 1.807) is 6.92 Å². The second-order valence-electron chi connectivity index (χ2n) is 10.2. The second-order valence-corrected chi connectivity index (χ2v) is 11.5. The van der Waals surface area contributed by atoms with E-state index in [9.17, 15) is 10.2 Å². The number of ether oxygens (including phenoxy) is 1. The van der Waals surface area contributed by atoms with Gasteiger partial charge in [-0.1, -0.05) is 98.4 Å². The topological polar surface area (TPSA) is 82.6 Å². The van der Waals surface area contributed by atoms with Crippen LogP contribution < -0.4 is 4.74 Å². The zero-order valence-corrected chi connectivity index (χ0v) is 28.3. The van der Waals surface area contributed by atoms with Gasteiger partial charge in [0.1, 0.15) is 12.0 Å². The summed E-state index contributed by atoms with van der Waals surface area (Å²) in [7, 11) is 0. The van der Waals surface area contributed by atoms with Crippen LogP contribution in [0.4, 0.5) is 0 Å². The fourth-order valence-corrected chi connectivity index (χ4v) is 4.57. The summed E-state index contributed by atoms with van der Waals surface area (Å²) >= 11 is 9.21. The molecule has 4 rings (SSSR count). The van der Waals surface area contributed by atoms with Crippen LogP contribution in [0.5, 0.6) is 5.75 Å². The number of benzene rings is 3. The van der Waals surface area contributed by atoms with E-state index in [1.807, 2.05) is 57.2 Å². The third-order valence-corrected chi connectivity index (χ3v) is 7.32. The average molecular weight is 661 g/mol. The monoisotopic (exact) mass is 659 g/mol. The van der Waals surface area contributed by atoms with Gasteiger partial charge in [-0.3, -0.25) is 0 Å². The molecule has 1 unspecified atom stereocenters. The molecule has 3 N–H and O–H groups in total. The van der Waals surface area contributed by atoms with Crippen molar-refractivity contribution in [3.05, 3.63) is 98.6 Å². The van der Waals surface area contributed by atoms with Gasteiger partial charge in [-0.05, 0) is 73.9 Å². The van der Waals surface area contributed by atoms with Crippen molar-refractivity contribution in [3.8, 4) is 5.75 Å². The highest BCUT2D eigenvalue weighted by Crippen LogP contribution is 2.34. The summed E-state index contributed by atoms with van der Waals surface area (Å²) in [5, 5.41) is 20.9. The number of carbonyl (C=O) groups excluding carboxylic acids is 1. The molecule has 0 bridgehead atoms. The third-order valence-electron chi connectivity index (χ3n) is 6.58. The van der Waals surface area contributed by atoms with Crippen molar-refractivity contribution in [2.75, 3.05) is 19.8 Å². The average Bonchev–Trinajstić information content (AvgIpc) is 3.36. The van der Waals surface area contributed by atoms with Crippen LogP contribution in [0.3, 0.4) is 0 Å². The maximum atomic E-state index is 9.41. The first-order chi connectivity index (χ1) is 20.1. The molecule has 4 aromatic rings. The molecule has 1 heterocycles. The highest BCUT2D eigenvalue weighted by molar-refractivity contribution is 9.10. The lowest BCUT2D eigenvalue weighted by Crippen LogP contribution is -2.32. The highest BCUT2D eigenvalue weighted by atomic mass is 79.9. The number of aliphatic hydroxyl groups excluding tert-OH is 2. The van der Waals surface area contributed by atoms with Gasteiger partial charge in [0.2, 0.25) is 0 Å². The fraction of sp³-hybridized carbons (Fsp3) is 0.400. The van der Waals surface area contributed by atoms with Gasteiger partial charge in [0.05, 0.1) is 19.8 Å². The zero-order valence-electron chi connectivity index (χ0n) is 26.0. The van der Waals surface area contributed by atoms with Crippen molar-refractivity contribution in [2.24, 2.45) is 5.41 Å². The molecule has 0 radical (unpaired) electrons. The molecule has 0 aliphatic carbocycles. The molecule has 0 aliphatic rings. The van der Waals surface area contributed by atoms with Gasteiger partial charge in [-0.2, -0.15) is 0 Å². The first-order valence-corrected chi connectivity index (χ1v) is 15.6. The number of aryl methyl sites for hydroxylation is 2. The lowest BCUT2D eigenvalue weighted by Gasteiger charge is -2.24. The normalized spacial score (nSPS) is 11.2. The van der Waals surface area contributed by atoms with Crippen molar-refractivity contribution in [1.29, 1.82) is 0 Å². The Kier molecular flexibility index (Phi) is 17.4. The van der Waals surface area contributed by atoms with Crippen LogP contribution in [-0.2, 0) is 11.2 Å². The van der Waals surface area contributed by atoms with Gasteiger partial charge in [-0.15, -0.1) is 0 Å². The van der Waals surface area contributed by atoms with Gasteiger partial charge in [-0.25, -0.2) is 0 Å². The van der Waals surface area contributed by atoms with Gasteiger partial charge in [0.25, 0.3) is 0 Å². The van der Waals surface area contributed by atoms with E-state index >= 15 is 0 Å². The Hall–Kier alpha value is -2.64. The number of aromatic nitrogens is 1. The first kappa shape index (κ1) is 37.4. The fourth-order valence-electron chi connectivity index (χ4n) is 4.08. The van der Waals surface area contributed by atoms with Crippen molar-refractivity contribution in [1.82, 2.24) is 4.98 Å².